The van der Waals surface area contributed by atoms with Crippen LogP contribution in [-0.4, -0.2) is 131 Å². The van der Waals surface area contributed by atoms with Gasteiger partial charge in [-0.15, -0.1) is 12.4 Å². The minimum atomic E-state index is -4.36. The predicted octanol–water partition coefficient (Wildman–Crippen LogP) is -2.11. The number of carbonyl (C=O) groups is 1. The summed E-state index contributed by atoms with van der Waals surface area (Å²) < 4.78 is 141. The van der Waals surface area contributed by atoms with E-state index in [-0.39, 0.29) is 36.9 Å². The first-order valence-electron chi connectivity index (χ1n) is 15.4. The summed E-state index contributed by atoms with van der Waals surface area (Å²) in [6.07, 6.45) is 7.62. The molecule has 0 spiro atoms. The van der Waals surface area contributed by atoms with Crippen LogP contribution in [0.5, 0.6) is 0 Å². The van der Waals surface area contributed by atoms with Crippen molar-refractivity contribution in [1.82, 2.24) is 4.90 Å². The second-order valence-electron chi connectivity index (χ2n) is 10.8. The van der Waals surface area contributed by atoms with Gasteiger partial charge in [0.2, 0.25) is 5.91 Å². The molecule has 4 N–H and O–H groups in total. The Morgan fingerprint density at radius 1 is 0.796 bits per heavy atom. The molecule has 3 aliphatic heterocycles. The van der Waals surface area contributed by atoms with E-state index in [1.807, 2.05) is 41.7 Å². The first-order valence-corrected chi connectivity index (χ1v) is 22.4. The van der Waals surface area contributed by atoms with Crippen LogP contribution in [0.1, 0.15) is 99.3 Å². The molecule has 0 aromatic rings. The smallest absolute Gasteiger partial charge is 0.450 e. The van der Waals surface area contributed by atoms with Crippen LogP contribution in [-0.2, 0) is 70.3 Å². The van der Waals surface area contributed by atoms with Gasteiger partial charge in [0.25, 0.3) is 0 Å². The maximum absolute atomic E-state index is 11.1. The molecule has 0 bridgehead atoms. The molecular formula is C24H50Cl3N3O19S5-2. The average Bonchev–Trinajstić information content (AvgIpc) is 3.76. The number of hydrogen-bond acceptors (Lipinski definition) is 15. The van der Waals surface area contributed by atoms with Gasteiger partial charge >= 0.3 is 41.9 Å². The number of likely N-dealkylation sites (tertiary alicyclic amines) is 1. The van der Waals surface area contributed by atoms with Gasteiger partial charge in [0.05, 0.1) is 35.6 Å². The molecule has 0 aliphatic carbocycles. The lowest BCUT2D eigenvalue weighted by molar-refractivity contribution is -0.635. The molecule has 3 rings (SSSR count). The fourth-order valence-corrected chi connectivity index (χ4v) is 5.33. The van der Waals surface area contributed by atoms with Crippen LogP contribution in [0.15, 0.2) is 0 Å². The molecule has 1 saturated heterocycles. The zero-order valence-corrected chi connectivity index (χ0v) is 36.6. The maximum Gasteiger partial charge on any atom is 0.450 e. The predicted molar refractivity (Wildman–Crippen MR) is 190 cm³/mol. The number of nitrogens with zero attached hydrogens (tertiary/aromatic N) is 3. The summed E-state index contributed by atoms with van der Waals surface area (Å²) in [6.45, 7) is 14.8. The molecule has 22 nitrogen and oxygen atoms in total. The lowest BCUT2D eigenvalue weighted by Crippen LogP contribution is -3.00. The summed E-state index contributed by atoms with van der Waals surface area (Å²) in [7, 11) is -8.86. The van der Waals surface area contributed by atoms with Crippen molar-refractivity contribution >= 4 is 93.6 Å². The molecule has 0 aromatic heterocycles. The van der Waals surface area contributed by atoms with Crippen molar-refractivity contribution in [3.63, 3.8) is 0 Å². The quantitative estimate of drug-likeness (QED) is 0.0480. The average molecular weight is 951 g/mol. The van der Waals surface area contributed by atoms with Crippen molar-refractivity contribution in [2.75, 3.05) is 19.6 Å². The second kappa shape index (κ2) is 32.1. The van der Waals surface area contributed by atoms with E-state index in [0.29, 0.717) is 36.6 Å². The van der Waals surface area contributed by atoms with E-state index in [1.54, 1.807) is 0 Å². The van der Waals surface area contributed by atoms with Gasteiger partial charge in [-0.25, -0.2) is 8.42 Å². The molecule has 30 heteroatoms. The lowest BCUT2D eigenvalue weighted by atomic mass is 10.2. The molecule has 5 atom stereocenters. The van der Waals surface area contributed by atoms with Crippen molar-refractivity contribution in [3.05, 3.63) is 0 Å². The highest BCUT2D eigenvalue weighted by Crippen LogP contribution is 2.15. The molecule has 1 amide bonds. The van der Waals surface area contributed by atoms with Crippen molar-refractivity contribution in [2.24, 2.45) is 0 Å². The van der Waals surface area contributed by atoms with Crippen LogP contribution in [0.4, 0.5) is 0 Å². The Bertz CT molecular complexity index is 1440. The van der Waals surface area contributed by atoms with E-state index in [2.05, 4.69) is 37.2 Å². The van der Waals surface area contributed by atoms with Gasteiger partial charge < -0.3 is 48.9 Å². The Balaban J connectivity index is -0.000000188. The van der Waals surface area contributed by atoms with Gasteiger partial charge in [-0.1, -0.05) is 20.8 Å². The fraction of sp³-hybridized carbons (Fsp3) is 0.875. The van der Waals surface area contributed by atoms with Gasteiger partial charge in [-0.2, -0.15) is 34.4 Å². The monoisotopic (exact) mass is 949 g/mol. The Kier molecular flexibility index (Phi) is 37.1. The van der Waals surface area contributed by atoms with Crippen LogP contribution >= 0.6 is 23.1 Å². The van der Waals surface area contributed by atoms with Crippen LogP contribution in [0.2, 0.25) is 0 Å². The molecule has 3 heterocycles. The minimum Gasteiger partial charge on any atom is -1.00 e. The number of halogens is 3. The molecule has 0 aromatic carbocycles. The van der Waals surface area contributed by atoms with Gasteiger partial charge in [0, 0.05) is 55.4 Å². The first-order chi connectivity index (χ1) is 23.6. The van der Waals surface area contributed by atoms with E-state index < -0.39 is 52.9 Å². The Labute approximate surface area is 339 Å². The summed E-state index contributed by atoms with van der Waals surface area (Å²) in [6, 6.07) is 0.943. The van der Waals surface area contributed by atoms with E-state index >= 15 is 0 Å². The summed E-state index contributed by atoms with van der Waals surface area (Å²) in [4.78, 5) is 13.1. The first kappa shape index (κ1) is 62.3. The zero-order valence-electron chi connectivity index (χ0n) is 30.2. The van der Waals surface area contributed by atoms with Crippen molar-refractivity contribution in [2.45, 2.75) is 117 Å². The highest BCUT2D eigenvalue weighted by atomic mass is 35.7. The molecule has 3 aliphatic rings. The summed E-state index contributed by atoms with van der Waals surface area (Å²) in [5.74, 6) is 1.07. The number of rotatable bonds is 9. The number of carbonyl (C=O) groups excluding carboxylic acids is 1. The van der Waals surface area contributed by atoms with Crippen LogP contribution < -0.4 is 17.7 Å². The van der Waals surface area contributed by atoms with Gasteiger partial charge in [0.1, 0.15) is 13.1 Å². The highest BCUT2D eigenvalue weighted by molar-refractivity contribution is 8.09. The van der Waals surface area contributed by atoms with Crippen LogP contribution in [0.3, 0.4) is 0 Å². The van der Waals surface area contributed by atoms with Gasteiger partial charge in [-0.3, -0.25) is 18.5 Å². The van der Waals surface area contributed by atoms with Gasteiger partial charge in [-0.05, 0) is 33.6 Å². The van der Waals surface area contributed by atoms with Gasteiger partial charge in [0.15, 0.2) is 12.1 Å². The molecule has 5 unspecified atom stereocenters. The zero-order chi connectivity index (χ0) is 41.5. The highest BCUT2D eigenvalue weighted by Gasteiger charge is 2.32. The van der Waals surface area contributed by atoms with E-state index in [4.69, 9.17) is 49.4 Å². The normalized spacial score (nSPS) is 18.0. The van der Waals surface area contributed by atoms with E-state index in [9.17, 15) is 21.6 Å². The largest absolute Gasteiger partial charge is 1.00 e. The fourth-order valence-electron chi connectivity index (χ4n) is 4.49. The van der Waals surface area contributed by atoms with Crippen molar-refractivity contribution in [3.8, 4) is 0 Å². The number of amides is 1. The Morgan fingerprint density at radius 3 is 1.31 bits per heavy atom. The van der Waals surface area contributed by atoms with Crippen LogP contribution in [0.25, 0.3) is 0 Å². The third-order valence-corrected chi connectivity index (χ3v) is 8.07. The lowest BCUT2D eigenvalue weighted by Gasteiger charge is -2.22. The summed E-state index contributed by atoms with van der Waals surface area (Å²) >= 11 is -5.74. The Morgan fingerprint density at radius 2 is 1.11 bits per heavy atom. The van der Waals surface area contributed by atoms with Crippen molar-refractivity contribution in [1.29, 1.82) is 0 Å². The molecule has 0 saturated carbocycles. The molecule has 54 heavy (non-hydrogen) atoms. The molecule has 0 radical (unpaired) electrons. The number of hydrogen-bond donors (Lipinski definition) is 4. The molecule has 1 fully saturated rings. The summed E-state index contributed by atoms with van der Waals surface area (Å²) in [5.41, 5.74) is 0. The van der Waals surface area contributed by atoms with E-state index in [0.717, 1.165) is 64.6 Å². The topological polar surface area (TPSA) is 341 Å². The maximum atomic E-state index is 11.1. The SMILES string of the molecule is CCC(C)N1CCCC1=O.CCC(C)[N+]1=C(OS(=O)(=O)O)CCC1.CCC(C)[N+]1=C(OS(=O)(=O)O)CCC1.Cl.O=S(=O)(O)Cl.O=S([O-])O.O=S([O-])O[O-].[Cl-]. The van der Waals surface area contributed by atoms with E-state index in [1.165, 1.54) is 0 Å². The standard InChI is InChI=1S/2C8H15NO4S.C8H15NO.ClHO3S.2ClH.H2O4S.H2O3S/c2*1-3-7(2)9-6-4-5-8(9)13-14(10,11)12;1-3-7(2)9-6-4-5-8(9)10;1-5(2,3)4;;;1-4-5(2)3;1-4(2)3/h2*7H,3-6H2,1-2H3;7H,3-6H2,1-2H3;(H,2,3,4);2*1H;1H,(H,2,3);(H2,1,2,3)/p-2. The molecule has 328 valence electrons. The van der Waals surface area contributed by atoms with Crippen LogP contribution in [0, 0.1) is 0 Å². The molecular weight excluding hydrogens is 901 g/mol. The third kappa shape index (κ3) is 36.7. The Hall–Kier alpha value is -0.890. The van der Waals surface area contributed by atoms with Crippen molar-refractivity contribution < 1.29 is 105 Å². The third-order valence-electron chi connectivity index (χ3n) is 7.16. The summed E-state index contributed by atoms with van der Waals surface area (Å²) in [5, 5.41) is 8.52. The minimum absolute atomic E-state index is 0. The second-order valence-corrected chi connectivity index (χ2v) is 15.8.